The van der Waals surface area contributed by atoms with Crippen molar-refractivity contribution < 1.29 is 17.9 Å². The number of hydrogen-bond donors (Lipinski definition) is 1. The lowest BCUT2D eigenvalue weighted by molar-refractivity contribution is -0.274. The Bertz CT molecular complexity index is 741. The van der Waals surface area contributed by atoms with E-state index in [0.717, 1.165) is 0 Å². The SMILES string of the molecule is C#CCNc1nc2cc(OC(F)(F)F)ccc2n1CC#C.Cl. The first kappa shape index (κ1) is 17.5. The minimum Gasteiger partial charge on any atom is -0.406 e. The zero-order valence-corrected chi connectivity index (χ0v) is 12.0. The predicted octanol–water partition coefficient (Wildman–Crippen LogP) is 3.04. The van der Waals surface area contributed by atoms with Gasteiger partial charge in [-0.05, 0) is 12.1 Å². The van der Waals surface area contributed by atoms with Crippen LogP contribution in [0.3, 0.4) is 0 Å². The quantitative estimate of drug-likeness (QED) is 0.876. The van der Waals surface area contributed by atoms with Gasteiger partial charge in [0.15, 0.2) is 0 Å². The molecule has 0 atom stereocenters. The largest absolute Gasteiger partial charge is 0.573 e. The fourth-order valence-corrected chi connectivity index (χ4v) is 1.82. The van der Waals surface area contributed by atoms with Crippen molar-refractivity contribution in [3.63, 3.8) is 0 Å². The van der Waals surface area contributed by atoms with Crippen molar-refractivity contribution in [2.24, 2.45) is 0 Å². The summed E-state index contributed by atoms with van der Waals surface area (Å²) in [4.78, 5) is 4.17. The van der Waals surface area contributed by atoms with E-state index in [4.69, 9.17) is 12.8 Å². The number of imidazole rings is 1. The van der Waals surface area contributed by atoms with Gasteiger partial charge in [-0.2, -0.15) is 0 Å². The number of nitrogens with zero attached hydrogens (tertiary/aromatic N) is 2. The second kappa shape index (κ2) is 6.97. The zero-order chi connectivity index (χ0) is 15.5. The first-order chi connectivity index (χ1) is 9.94. The minimum atomic E-state index is -4.75. The summed E-state index contributed by atoms with van der Waals surface area (Å²) in [6.45, 7) is 0.433. The summed E-state index contributed by atoms with van der Waals surface area (Å²) in [5.41, 5.74) is 0.911. The molecule has 0 radical (unpaired) electrons. The molecular weight excluding hydrogens is 319 g/mol. The molecule has 1 aromatic carbocycles. The van der Waals surface area contributed by atoms with Crippen molar-refractivity contribution >= 4 is 29.4 Å². The monoisotopic (exact) mass is 329 g/mol. The number of aromatic nitrogens is 2. The van der Waals surface area contributed by atoms with Gasteiger partial charge in [-0.1, -0.05) is 11.8 Å². The Morgan fingerprint density at radius 1 is 1.27 bits per heavy atom. The summed E-state index contributed by atoms with van der Waals surface area (Å²) in [5.74, 6) is 4.88. The van der Waals surface area contributed by atoms with Crippen LogP contribution in [0.2, 0.25) is 0 Å². The van der Waals surface area contributed by atoms with Crippen molar-refractivity contribution in [2.75, 3.05) is 11.9 Å². The normalized spacial score (nSPS) is 10.4. The van der Waals surface area contributed by atoms with E-state index in [1.54, 1.807) is 4.57 Å². The van der Waals surface area contributed by atoms with E-state index >= 15 is 0 Å². The zero-order valence-electron chi connectivity index (χ0n) is 11.1. The number of halogens is 4. The van der Waals surface area contributed by atoms with Crippen LogP contribution >= 0.6 is 12.4 Å². The fourth-order valence-electron chi connectivity index (χ4n) is 1.82. The molecule has 22 heavy (non-hydrogen) atoms. The molecule has 0 saturated heterocycles. The minimum absolute atomic E-state index is 0. The molecule has 1 aromatic heterocycles. The smallest absolute Gasteiger partial charge is 0.406 e. The number of fused-ring (bicyclic) bond motifs is 1. The number of anilines is 1. The number of ether oxygens (including phenoxy) is 1. The highest BCUT2D eigenvalue weighted by Crippen LogP contribution is 2.28. The van der Waals surface area contributed by atoms with Gasteiger partial charge in [0.25, 0.3) is 0 Å². The van der Waals surface area contributed by atoms with Crippen LogP contribution in [-0.2, 0) is 6.54 Å². The van der Waals surface area contributed by atoms with Crippen LogP contribution in [0, 0.1) is 24.7 Å². The number of terminal acetylenes is 2. The number of alkyl halides is 3. The third-order valence-corrected chi connectivity index (χ3v) is 2.55. The van der Waals surface area contributed by atoms with Crippen LogP contribution in [0.1, 0.15) is 0 Å². The second-order valence-electron chi connectivity index (χ2n) is 3.98. The molecule has 0 unspecified atom stereocenters. The van der Waals surface area contributed by atoms with E-state index in [2.05, 4.69) is 26.9 Å². The van der Waals surface area contributed by atoms with Crippen molar-refractivity contribution in [2.45, 2.75) is 12.9 Å². The van der Waals surface area contributed by atoms with Gasteiger partial charge in [-0.25, -0.2) is 4.98 Å². The summed E-state index contributed by atoms with van der Waals surface area (Å²) >= 11 is 0. The molecule has 1 N–H and O–H groups in total. The highest BCUT2D eigenvalue weighted by Gasteiger charge is 2.31. The Hall–Kier alpha value is -2.51. The van der Waals surface area contributed by atoms with Crippen LogP contribution in [0.4, 0.5) is 19.1 Å². The van der Waals surface area contributed by atoms with E-state index < -0.39 is 6.36 Å². The highest BCUT2D eigenvalue weighted by atomic mass is 35.5. The van der Waals surface area contributed by atoms with Crippen LogP contribution < -0.4 is 10.1 Å². The van der Waals surface area contributed by atoms with Gasteiger partial charge in [-0.15, -0.1) is 38.4 Å². The molecule has 0 aliphatic carbocycles. The van der Waals surface area contributed by atoms with Gasteiger partial charge < -0.3 is 10.1 Å². The van der Waals surface area contributed by atoms with Crippen LogP contribution in [0.5, 0.6) is 5.75 Å². The average Bonchev–Trinajstić information content (AvgIpc) is 2.72. The van der Waals surface area contributed by atoms with E-state index in [1.807, 2.05) is 0 Å². The lowest BCUT2D eigenvalue weighted by atomic mass is 10.3. The Morgan fingerprint density at radius 2 is 2.00 bits per heavy atom. The third kappa shape index (κ3) is 4.00. The Kier molecular flexibility index (Phi) is 5.56. The van der Waals surface area contributed by atoms with Crippen molar-refractivity contribution in [1.29, 1.82) is 0 Å². The number of benzene rings is 1. The fraction of sp³-hybridized carbons (Fsp3) is 0.214. The molecule has 1 heterocycles. The van der Waals surface area contributed by atoms with Crippen molar-refractivity contribution in [3.05, 3.63) is 18.2 Å². The summed E-state index contributed by atoms with van der Waals surface area (Å²) in [5, 5.41) is 2.86. The number of hydrogen-bond acceptors (Lipinski definition) is 3. The first-order valence-electron chi connectivity index (χ1n) is 5.81. The van der Waals surface area contributed by atoms with Gasteiger partial charge in [0.2, 0.25) is 5.95 Å². The van der Waals surface area contributed by atoms with Crippen LogP contribution in [0.15, 0.2) is 18.2 Å². The lowest BCUT2D eigenvalue weighted by Gasteiger charge is -2.08. The molecular formula is C14H11ClF3N3O. The predicted molar refractivity (Wildman–Crippen MR) is 79.8 cm³/mol. The molecule has 116 valence electrons. The number of rotatable bonds is 4. The molecule has 0 amide bonds. The Labute approximate surface area is 131 Å². The van der Waals surface area contributed by atoms with Crippen molar-refractivity contribution in [3.8, 4) is 30.4 Å². The van der Waals surface area contributed by atoms with Crippen LogP contribution in [0.25, 0.3) is 11.0 Å². The van der Waals surface area contributed by atoms with E-state index in [0.29, 0.717) is 17.0 Å². The molecule has 0 aliphatic rings. The average molecular weight is 330 g/mol. The lowest BCUT2D eigenvalue weighted by Crippen LogP contribution is -2.17. The maximum atomic E-state index is 12.2. The van der Waals surface area contributed by atoms with Crippen LogP contribution in [-0.4, -0.2) is 22.5 Å². The highest BCUT2D eigenvalue weighted by molar-refractivity contribution is 5.85. The van der Waals surface area contributed by atoms with Gasteiger partial charge >= 0.3 is 6.36 Å². The van der Waals surface area contributed by atoms with E-state index in [9.17, 15) is 13.2 Å². The van der Waals surface area contributed by atoms with Crippen molar-refractivity contribution in [1.82, 2.24) is 9.55 Å². The second-order valence-corrected chi connectivity index (χ2v) is 3.98. The molecule has 0 saturated carbocycles. The molecule has 0 spiro atoms. The third-order valence-electron chi connectivity index (χ3n) is 2.55. The maximum Gasteiger partial charge on any atom is 0.573 e. The van der Waals surface area contributed by atoms with Gasteiger partial charge in [0.05, 0.1) is 24.1 Å². The van der Waals surface area contributed by atoms with E-state index in [1.165, 1.54) is 18.2 Å². The Morgan fingerprint density at radius 3 is 2.59 bits per heavy atom. The summed E-state index contributed by atoms with van der Waals surface area (Å²) in [6.07, 6.45) is 5.68. The number of nitrogens with one attached hydrogen (secondary N) is 1. The molecule has 0 bridgehead atoms. The summed E-state index contributed by atoms with van der Waals surface area (Å²) < 4.78 is 42.1. The summed E-state index contributed by atoms with van der Waals surface area (Å²) in [6, 6.07) is 3.86. The topological polar surface area (TPSA) is 39.1 Å². The molecule has 4 nitrogen and oxygen atoms in total. The Balaban J connectivity index is 0.00000242. The summed E-state index contributed by atoms with van der Waals surface area (Å²) in [7, 11) is 0. The van der Waals surface area contributed by atoms with Gasteiger partial charge in [0, 0.05) is 6.07 Å². The molecule has 8 heteroatoms. The molecule has 0 aliphatic heterocycles. The van der Waals surface area contributed by atoms with Gasteiger partial charge in [0.1, 0.15) is 5.75 Å². The maximum absolute atomic E-state index is 12.2. The molecule has 2 rings (SSSR count). The molecule has 2 aromatic rings. The molecule has 0 fully saturated rings. The van der Waals surface area contributed by atoms with E-state index in [-0.39, 0.29) is 31.2 Å². The first-order valence-corrected chi connectivity index (χ1v) is 5.81. The standard InChI is InChI=1S/C14H10F3N3O.ClH/c1-3-7-18-13-19-11-9-10(21-14(15,16)17)5-6-12(11)20(13)8-4-2;/h1-2,5-6,9H,7-8H2,(H,18,19);1H. The van der Waals surface area contributed by atoms with Gasteiger partial charge in [-0.3, -0.25) is 4.57 Å².